The number of amides is 1. The molecule has 5 rings (SSSR count). The summed E-state index contributed by atoms with van der Waals surface area (Å²) >= 11 is 0. The monoisotopic (exact) mass is 542 g/mol. The van der Waals surface area contributed by atoms with Crippen molar-refractivity contribution in [1.82, 2.24) is 10.6 Å². The lowest BCUT2D eigenvalue weighted by molar-refractivity contribution is -0.165. The van der Waals surface area contributed by atoms with E-state index >= 15 is 0 Å². The minimum absolute atomic E-state index is 0.00895. The van der Waals surface area contributed by atoms with Crippen LogP contribution in [0.3, 0.4) is 0 Å². The van der Waals surface area contributed by atoms with Crippen molar-refractivity contribution in [1.29, 1.82) is 0 Å². The van der Waals surface area contributed by atoms with Crippen LogP contribution < -0.4 is 10.6 Å². The summed E-state index contributed by atoms with van der Waals surface area (Å²) in [5.74, 6) is -0.382. The second-order valence-corrected chi connectivity index (χ2v) is 11.6. The summed E-state index contributed by atoms with van der Waals surface area (Å²) in [6.07, 6.45) is -0.496. The summed E-state index contributed by atoms with van der Waals surface area (Å²) in [7, 11) is 0. The minimum atomic E-state index is -0.782. The molecule has 0 spiro atoms. The predicted molar refractivity (Wildman–Crippen MR) is 154 cm³/mol. The molecule has 3 aromatic carbocycles. The minimum Gasteiger partial charge on any atom is -0.454 e. The molecule has 1 atom stereocenters. The number of nitrogens with one attached hydrogen (secondary N) is 2. The number of hydrogen-bond donors (Lipinski definition) is 2. The molecule has 1 aliphatic carbocycles. The number of ether oxygens (including phenoxy) is 3. The highest BCUT2D eigenvalue weighted by Crippen LogP contribution is 2.44. The maximum absolute atomic E-state index is 13.3. The van der Waals surface area contributed by atoms with Crippen LogP contribution in [0.25, 0.3) is 11.1 Å². The maximum Gasteiger partial charge on any atom is 0.407 e. The number of hydrogen-bond acceptors (Lipinski definition) is 6. The second-order valence-electron chi connectivity index (χ2n) is 11.6. The van der Waals surface area contributed by atoms with Gasteiger partial charge < -0.3 is 19.5 Å². The van der Waals surface area contributed by atoms with Crippen molar-refractivity contribution >= 4 is 12.1 Å². The topological polar surface area (TPSA) is 85.9 Å². The first-order valence-corrected chi connectivity index (χ1v) is 13.9. The Kier molecular flexibility index (Phi) is 7.97. The van der Waals surface area contributed by atoms with Gasteiger partial charge in [0, 0.05) is 12.5 Å². The molecule has 0 saturated carbocycles. The number of benzene rings is 3. The molecule has 0 radical (unpaired) electrons. The smallest absolute Gasteiger partial charge is 0.407 e. The molecule has 40 heavy (non-hydrogen) atoms. The first-order valence-electron chi connectivity index (χ1n) is 13.9. The Hall–Kier alpha value is -3.68. The van der Waals surface area contributed by atoms with Crippen LogP contribution in [-0.4, -0.2) is 50.0 Å². The molecule has 7 heteroatoms. The molecule has 0 unspecified atom stereocenters. The molecule has 1 fully saturated rings. The Bertz CT molecular complexity index is 1300. The second kappa shape index (κ2) is 11.4. The SMILES string of the molecule is CC(C)[C@H](NC1(CNC(=O)OCC2c3ccccc3-c3ccccc32)COC1)C(=O)OC(C)(C)c1ccccc1. The van der Waals surface area contributed by atoms with Crippen molar-refractivity contribution in [2.75, 3.05) is 26.4 Å². The number of rotatable bonds is 10. The third-order valence-electron chi connectivity index (χ3n) is 7.88. The van der Waals surface area contributed by atoms with Gasteiger partial charge in [-0.3, -0.25) is 10.1 Å². The van der Waals surface area contributed by atoms with E-state index in [9.17, 15) is 9.59 Å². The van der Waals surface area contributed by atoms with Gasteiger partial charge in [0.2, 0.25) is 0 Å². The quantitative estimate of drug-likeness (QED) is 0.334. The summed E-state index contributed by atoms with van der Waals surface area (Å²) in [5, 5.41) is 6.35. The van der Waals surface area contributed by atoms with Crippen LogP contribution in [0, 0.1) is 5.92 Å². The van der Waals surface area contributed by atoms with Gasteiger partial charge in [0.25, 0.3) is 0 Å². The van der Waals surface area contributed by atoms with Gasteiger partial charge in [0.1, 0.15) is 18.2 Å². The van der Waals surface area contributed by atoms with Crippen LogP contribution in [0.5, 0.6) is 0 Å². The van der Waals surface area contributed by atoms with Crippen LogP contribution in [-0.2, 0) is 24.6 Å². The van der Waals surface area contributed by atoms with E-state index in [1.54, 1.807) is 0 Å². The normalized spacial score (nSPS) is 16.4. The summed E-state index contributed by atoms with van der Waals surface area (Å²) in [5.41, 5.74) is 4.25. The van der Waals surface area contributed by atoms with Crippen LogP contribution in [0.15, 0.2) is 78.9 Å². The first-order chi connectivity index (χ1) is 19.2. The standard InChI is InChI=1S/C33H38N2O5/c1-22(2)29(30(36)40-32(3,4)23-12-6-5-7-13-23)35-33(20-38-21-33)19-34-31(37)39-18-28-26-16-10-8-14-24(26)25-15-9-11-17-27(25)28/h5-17,22,28-29,35H,18-21H2,1-4H3,(H,34,37)/t29-/m0/s1. The number of carbonyl (C=O) groups is 2. The zero-order chi connectivity index (χ0) is 28.3. The zero-order valence-electron chi connectivity index (χ0n) is 23.6. The lowest BCUT2D eigenvalue weighted by Crippen LogP contribution is -2.70. The zero-order valence-corrected chi connectivity index (χ0v) is 23.6. The lowest BCUT2D eigenvalue weighted by Gasteiger charge is -2.45. The van der Waals surface area contributed by atoms with Gasteiger partial charge in [-0.1, -0.05) is 92.7 Å². The molecule has 2 N–H and O–H groups in total. The van der Waals surface area contributed by atoms with E-state index in [1.165, 1.54) is 22.3 Å². The highest BCUT2D eigenvalue weighted by molar-refractivity contribution is 5.79. The van der Waals surface area contributed by atoms with Gasteiger partial charge in [-0.2, -0.15) is 0 Å². The Balaban J connectivity index is 1.19. The molecule has 7 nitrogen and oxygen atoms in total. The number of carbonyl (C=O) groups excluding carboxylic acids is 2. The molecule has 1 saturated heterocycles. The van der Waals surface area contributed by atoms with E-state index in [0.717, 1.165) is 5.56 Å². The third-order valence-corrected chi connectivity index (χ3v) is 7.88. The summed E-state index contributed by atoms with van der Waals surface area (Å²) in [6, 6.07) is 25.6. The van der Waals surface area contributed by atoms with Crippen molar-refractivity contribution < 1.29 is 23.8 Å². The van der Waals surface area contributed by atoms with E-state index in [1.807, 2.05) is 82.3 Å². The van der Waals surface area contributed by atoms with Crippen LogP contribution in [0.4, 0.5) is 4.79 Å². The maximum atomic E-state index is 13.3. The van der Waals surface area contributed by atoms with E-state index in [4.69, 9.17) is 14.2 Å². The number of fused-ring (bicyclic) bond motifs is 3. The van der Waals surface area contributed by atoms with Crippen LogP contribution in [0.1, 0.15) is 50.3 Å². The molecule has 2 aliphatic rings. The average molecular weight is 543 g/mol. The molecule has 0 aromatic heterocycles. The van der Waals surface area contributed by atoms with E-state index in [2.05, 4.69) is 34.9 Å². The number of alkyl carbamates (subject to hydrolysis) is 1. The molecule has 0 bridgehead atoms. The van der Waals surface area contributed by atoms with E-state index in [-0.39, 0.29) is 31.0 Å². The molecule has 3 aromatic rings. The Morgan fingerprint density at radius 2 is 1.50 bits per heavy atom. The fourth-order valence-electron chi connectivity index (χ4n) is 5.52. The van der Waals surface area contributed by atoms with E-state index < -0.39 is 23.3 Å². The first kappa shape index (κ1) is 27.9. The highest BCUT2D eigenvalue weighted by Gasteiger charge is 2.44. The average Bonchev–Trinajstić information content (AvgIpc) is 3.25. The Morgan fingerprint density at radius 3 is 2.05 bits per heavy atom. The van der Waals surface area contributed by atoms with Gasteiger partial charge >= 0.3 is 12.1 Å². The summed E-state index contributed by atoms with van der Waals surface area (Å²) in [4.78, 5) is 26.2. The van der Waals surface area contributed by atoms with Crippen molar-refractivity contribution in [3.63, 3.8) is 0 Å². The Morgan fingerprint density at radius 1 is 0.925 bits per heavy atom. The third kappa shape index (κ3) is 5.76. The van der Waals surface area contributed by atoms with Gasteiger partial charge in [-0.15, -0.1) is 0 Å². The van der Waals surface area contributed by atoms with Gasteiger partial charge in [0.15, 0.2) is 0 Å². The molecular weight excluding hydrogens is 504 g/mol. The number of esters is 1. The van der Waals surface area contributed by atoms with Gasteiger partial charge in [0.05, 0.1) is 18.8 Å². The van der Waals surface area contributed by atoms with Crippen LogP contribution >= 0.6 is 0 Å². The summed E-state index contributed by atoms with van der Waals surface area (Å²) < 4.78 is 17.2. The summed E-state index contributed by atoms with van der Waals surface area (Å²) in [6.45, 7) is 8.97. The fraction of sp³-hybridized carbons (Fsp3) is 0.394. The highest BCUT2D eigenvalue weighted by atomic mass is 16.6. The molecular formula is C33H38N2O5. The lowest BCUT2D eigenvalue weighted by atomic mass is 9.92. The molecule has 1 heterocycles. The van der Waals surface area contributed by atoms with Crippen molar-refractivity contribution in [2.45, 2.75) is 50.8 Å². The predicted octanol–water partition coefficient (Wildman–Crippen LogP) is 5.39. The molecule has 1 aliphatic heterocycles. The largest absolute Gasteiger partial charge is 0.454 e. The van der Waals surface area contributed by atoms with Crippen molar-refractivity contribution in [2.24, 2.45) is 5.92 Å². The van der Waals surface area contributed by atoms with Gasteiger partial charge in [-0.05, 0) is 47.6 Å². The molecule has 210 valence electrons. The van der Waals surface area contributed by atoms with Crippen molar-refractivity contribution in [3.05, 3.63) is 95.6 Å². The molecule has 1 amide bonds. The van der Waals surface area contributed by atoms with Crippen molar-refractivity contribution in [3.8, 4) is 11.1 Å². The van der Waals surface area contributed by atoms with Crippen LogP contribution in [0.2, 0.25) is 0 Å². The fourth-order valence-corrected chi connectivity index (χ4v) is 5.52. The Labute approximate surface area is 236 Å². The van der Waals surface area contributed by atoms with Gasteiger partial charge in [-0.25, -0.2) is 4.79 Å². The van der Waals surface area contributed by atoms with E-state index in [0.29, 0.717) is 13.2 Å².